The highest BCUT2D eigenvalue weighted by Gasteiger charge is 2.55. The zero-order valence-electron chi connectivity index (χ0n) is 15.9. The van der Waals surface area contributed by atoms with Crippen LogP contribution in [0.25, 0.3) is 0 Å². The molecular weight excluding hydrogens is 411 g/mol. The molecule has 1 aromatic heterocycles. The Kier molecular flexibility index (Phi) is 4.40. The first-order chi connectivity index (χ1) is 14.3. The lowest BCUT2D eigenvalue weighted by Crippen LogP contribution is -2.47. The molecule has 0 radical (unpaired) electrons. The number of primary amides is 1. The number of hydrogen-bond donors (Lipinski definition) is 4. The van der Waals surface area contributed by atoms with Crippen LogP contribution in [0.2, 0.25) is 0 Å². The Morgan fingerprint density at radius 3 is 2.87 bits per heavy atom. The van der Waals surface area contributed by atoms with E-state index in [1.807, 2.05) is 0 Å². The molecule has 2 heterocycles. The van der Waals surface area contributed by atoms with Gasteiger partial charge in [0, 0.05) is 18.3 Å². The monoisotopic (exact) mass is 432 g/mol. The summed E-state index contributed by atoms with van der Waals surface area (Å²) in [5.74, 6) is -1.44. The fourth-order valence-corrected chi connectivity index (χ4v) is 6.33. The minimum Gasteiger partial charge on any atom is -0.369 e. The van der Waals surface area contributed by atoms with Gasteiger partial charge in [-0.05, 0) is 48.8 Å². The van der Waals surface area contributed by atoms with Crippen molar-refractivity contribution >= 4 is 33.4 Å². The van der Waals surface area contributed by atoms with E-state index < -0.39 is 33.7 Å². The molecule has 158 valence electrons. The van der Waals surface area contributed by atoms with Gasteiger partial charge in [0.15, 0.2) is 11.6 Å². The molecule has 9 nitrogen and oxygen atoms in total. The fourth-order valence-electron chi connectivity index (χ4n) is 5.19. The van der Waals surface area contributed by atoms with Gasteiger partial charge in [0.1, 0.15) is 0 Å². The molecule has 3 aliphatic rings. The lowest BCUT2D eigenvalue weighted by molar-refractivity contribution is -0.123. The van der Waals surface area contributed by atoms with Crippen LogP contribution in [0.3, 0.4) is 0 Å². The van der Waals surface area contributed by atoms with Crippen LogP contribution >= 0.6 is 0 Å². The first kappa shape index (κ1) is 19.2. The Labute approximate surface area is 172 Å². The summed E-state index contributed by atoms with van der Waals surface area (Å²) in [5.41, 5.74) is 6.10. The number of sulfonamides is 1. The van der Waals surface area contributed by atoms with E-state index in [1.54, 1.807) is 12.1 Å². The van der Waals surface area contributed by atoms with Crippen molar-refractivity contribution in [3.05, 3.63) is 36.3 Å². The number of aromatic nitrogens is 2. The van der Waals surface area contributed by atoms with Gasteiger partial charge in [-0.3, -0.25) is 4.79 Å². The van der Waals surface area contributed by atoms with Gasteiger partial charge >= 0.3 is 0 Å². The predicted octanol–water partition coefficient (Wildman–Crippen LogP) is 1.19. The molecule has 2 aliphatic carbocycles. The maximum absolute atomic E-state index is 14.5. The molecule has 0 spiro atoms. The Hall–Kier alpha value is -2.79. The number of nitrogens with two attached hydrogens (primary N) is 1. The van der Waals surface area contributed by atoms with Crippen molar-refractivity contribution in [2.24, 2.45) is 29.4 Å². The van der Waals surface area contributed by atoms with E-state index in [2.05, 4.69) is 25.3 Å². The Bertz CT molecular complexity index is 1130. The number of hydrogen-bond acceptors (Lipinski definition) is 7. The van der Waals surface area contributed by atoms with Crippen LogP contribution in [0, 0.1) is 29.5 Å². The average molecular weight is 432 g/mol. The van der Waals surface area contributed by atoms with Crippen LogP contribution in [0.5, 0.6) is 0 Å². The van der Waals surface area contributed by atoms with E-state index in [0.29, 0.717) is 12.1 Å². The third-order valence-corrected chi connectivity index (χ3v) is 7.88. The molecular formula is C19H21FN6O3S. The molecule has 5 rings (SSSR count). The molecule has 2 fully saturated rings. The summed E-state index contributed by atoms with van der Waals surface area (Å²) in [7, 11) is -3.72. The molecule has 5 N–H and O–H groups in total. The van der Waals surface area contributed by atoms with E-state index >= 15 is 0 Å². The van der Waals surface area contributed by atoms with E-state index in [-0.39, 0.29) is 41.0 Å². The number of carbonyl (C=O) groups is 1. The number of carbonyl (C=O) groups excluding carboxylic acids is 1. The second-order valence-electron chi connectivity index (χ2n) is 8.15. The molecule has 11 heteroatoms. The number of rotatable bonds is 1. The van der Waals surface area contributed by atoms with Gasteiger partial charge in [-0.2, -0.15) is 4.98 Å². The summed E-state index contributed by atoms with van der Waals surface area (Å²) in [6.07, 6.45) is 2.46. The predicted molar refractivity (Wildman–Crippen MR) is 107 cm³/mol. The number of nitrogens with zero attached hydrogens (tertiary/aromatic N) is 2. The number of amides is 1. The Morgan fingerprint density at radius 2 is 2.07 bits per heavy atom. The van der Waals surface area contributed by atoms with Crippen molar-refractivity contribution < 1.29 is 17.6 Å². The minimum absolute atomic E-state index is 0.00601. The third-order valence-electron chi connectivity index (χ3n) is 6.45. The minimum atomic E-state index is -3.72. The van der Waals surface area contributed by atoms with Gasteiger partial charge in [-0.1, -0.05) is 6.07 Å². The van der Waals surface area contributed by atoms with Crippen molar-refractivity contribution in [1.29, 1.82) is 0 Å². The van der Waals surface area contributed by atoms with Gasteiger partial charge < -0.3 is 16.4 Å². The largest absolute Gasteiger partial charge is 0.369 e. The standard InChI is InChI=1S/C19H21FN6O3S/c20-14-8-22-19-24-11-2-1-3-12(6-11)30(28,29)23-7-10-4-9-5-13(10)16(15(9)17(21)27)25-18(14)26-19/h1-3,6,8-10,13,15-16,23H,4-5,7H2,(H2,21,27)(H2,22,24,25,26)/t9-,10-,13+,15-,16+/m0/s1. The summed E-state index contributed by atoms with van der Waals surface area (Å²) >= 11 is 0. The molecule has 1 aromatic carbocycles. The van der Waals surface area contributed by atoms with E-state index in [1.165, 1.54) is 12.1 Å². The lowest BCUT2D eigenvalue weighted by atomic mass is 9.78. The zero-order valence-corrected chi connectivity index (χ0v) is 16.7. The van der Waals surface area contributed by atoms with Gasteiger partial charge in [-0.25, -0.2) is 22.5 Å². The molecule has 5 atom stereocenters. The molecule has 1 aliphatic heterocycles. The van der Waals surface area contributed by atoms with Crippen molar-refractivity contribution in [3.8, 4) is 0 Å². The fraction of sp³-hybridized carbons (Fsp3) is 0.421. The second-order valence-corrected chi connectivity index (χ2v) is 9.92. The Morgan fingerprint density at radius 1 is 1.23 bits per heavy atom. The highest BCUT2D eigenvalue weighted by Crippen LogP contribution is 2.52. The molecule has 2 aromatic rings. The van der Waals surface area contributed by atoms with Gasteiger partial charge in [0.25, 0.3) is 0 Å². The van der Waals surface area contributed by atoms with Crippen molar-refractivity contribution in [2.45, 2.75) is 23.8 Å². The zero-order chi connectivity index (χ0) is 21.0. The molecule has 0 saturated heterocycles. The van der Waals surface area contributed by atoms with Crippen molar-refractivity contribution in [3.63, 3.8) is 0 Å². The van der Waals surface area contributed by atoms with Crippen LogP contribution in [0.4, 0.5) is 21.8 Å². The molecule has 1 amide bonds. The van der Waals surface area contributed by atoms with Crippen LogP contribution < -0.4 is 21.1 Å². The first-order valence-electron chi connectivity index (χ1n) is 9.77. The summed E-state index contributed by atoms with van der Waals surface area (Å²) in [5, 5.41) is 5.98. The van der Waals surface area contributed by atoms with Crippen LogP contribution in [0.15, 0.2) is 35.4 Å². The lowest BCUT2D eigenvalue weighted by Gasteiger charge is -2.35. The highest BCUT2D eigenvalue weighted by molar-refractivity contribution is 7.89. The van der Waals surface area contributed by atoms with Gasteiger partial charge in [0.2, 0.25) is 21.9 Å². The molecule has 0 unspecified atom stereocenters. The molecule has 2 saturated carbocycles. The summed E-state index contributed by atoms with van der Waals surface area (Å²) in [6, 6.07) is 5.83. The van der Waals surface area contributed by atoms with Crippen LogP contribution in [0.1, 0.15) is 12.8 Å². The Balaban J connectivity index is 1.60. The number of halogens is 1. The second kappa shape index (κ2) is 6.88. The maximum atomic E-state index is 14.5. The molecule has 6 bridgehead atoms. The number of fused-ring (bicyclic) bond motifs is 5. The summed E-state index contributed by atoms with van der Waals surface area (Å²) in [4.78, 5) is 20.4. The van der Waals surface area contributed by atoms with E-state index in [9.17, 15) is 17.6 Å². The third kappa shape index (κ3) is 3.18. The number of anilines is 3. The number of benzene rings is 1. The van der Waals surface area contributed by atoms with Crippen LogP contribution in [-0.2, 0) is 14.8 Å². The average Bonchev–Trinajstić information content (AvgIpc) is 3.27. The quantitative estimate of drug-likeness (QED) is 0.531. The van der Waals surface area contributed by atoms with Crippen LogP contribution in [-0.4, -0.2) is 36.9 Å². The van der Waals surface area contributed by atoms with E-state index in [4.69, 9.17) is 5.73 Å². The maximum Gasteiger partial charge on any atom is 0.240 e. The summed E-state index contributed by atoms with van der Waals surface area (Å²) in [6.45, 7) is 0.238. The van der Waals surface area contributed by atoms with Crippen molar-refractivity contribution in [2.75, 3.05) is 17.2 Å². The topological polar surface area (TPSA) is 139 Å². The number of nitrogens with one attached hydrogen (secondary N) is 3. The smallest absolute Gasteiger partial charge is 0.240 e. The van der Waals surface area contributed by atoms with E-state index in [0.717, 1.165) is 12.6 Å². The van der Waals surface area contributed by atoms with Crippen molar-refractivity contribution in [1.82, 2.24) is 14.7 Å². The summed E-state index contributed by atoms with van der Waals surface area (Å²) < 4.78 is 42.8. The first-order valence-corrected chi connectivity index (χ1v) is 11.3. The normalized spacial score (nSPS) is 31.3. The van der Waals surface area contributed by atoms with Gasteiger partial charge in [-0.15, -0.1) is 0 Å². The highest BCUT2D eigenvalue weighted by atomic mass is 32.2. The SMILES string of the molecule is NC(=O)[C@H]1[C@H]2C[C@H]3CNS(=O)(=O)c4cccc(c4)Nc4ncc(F)c(n4)N[C@@H]1[C@@H]3C2. The molecule has 30 heavy (non-hydrogen) atoms. The van der Waals surface area contributed by atoms with Gasteiger partial charge in [0.05, 0.1) is 17.0 Å².